The van der Waals surface area contributed by atoms with Crippen molar-refractivity contribution < 1.29 is 19.1 Å². The molecule has 8 heteroatoms. The molecule has 1 atom stereocenters. The van der Waals surface area contributed by atoms with Gasteiger partial charge in [-0.1, -0.05) is 24.3 Å². The Balaban J connectivity index is 1.40. The number of amides is 3. The van der Waals surface area contributed by atoms with Gasteiger partial charge < -0.3 is 15.0 Å². The highest BCUT2D eigenvalue weighted by atomic mass is 32.2. The van der Waals surface area contributed by atoms with E-state index in [4.69, 9.17) is 4.74 Å². The summed E-state index contributed by atoms with van der Waals surface area (Å²) in [4.78, 5) is 37.2. The van der Waals surface area contributed by atoms with Crippen molar-refractivity contribution in [3.8, 4) is 5.75 Å². The molecule has 142 valence electrons. The SMILES string of the molecule is CN1C(=O)c2ccccc2NC1COc1ccc(/C=C2\SC(=O)NC2=O)cc1. The van der Waals surface area contributed by atoms with E-state index in [2.05, 4.69) is 10.6 Å². The Morgan fingerprint density at radius 2 is 1.86 bits per heavy atom. The quantitative estimate of drug-likeness (QED) is 0.774. The summed E-state index contributed by atoms with van der Waals surface area (Å²) in [5.41, 5.74) is 2.23. The molecule has 4 rings (SSSR count). The standard InChI is InChI=1S/C20H17N3O4S/c1-23-17(21-15-5-3-2-4-14(15)19(23)25)11-27-13-8-6-12(7-9-13)10-16-18(24)22-20(26)28-16/h2-10,17,21H,11H2,1H3,(H,22,24,26)/b16-10-. The Hall–Kier alpha value is -3.26. The molecule has 7 nitrogen and oxygen atoms in total. The Labute approximate surface area is 165 Å². The van der Waals surface area contributed by atoms with E-state index >= 15 is 0 Å². The molecule has 2 heterocycles. The first kappa shape index (κ1) is 18.1. The number of nitrogens with zero attached hydrogens (tertiary/aromatic N) is 1. The number of anilines is 1. The van der Waals surface area contributed by atoms with Gasteiger partial charge >= 0.3 is 0 Å². The molecule has 0 aliphatic carbocycles. The van der Waals surface area contributed by atoms with E-state index in [-0.39, 0.29) is 29.8 Å². The Morgan fingerprint density at radius 1 is 1.11 bits per heavy atom. The van der Waals surface area contributed by atoms with Gasteiger partial charge in [0.05, 0.1) is 10.5 Å². The van der Waals surface area contributed by atoms with Crippen molar-refractivity contribution in [2.24, 2.45) is 0 Å². The van der Waals surface area contributed by atoms with Gasteiger partial charge in [0.2, 0.25) is 0 Å². The lowest BCUT2D eigenvalue weighted by Crippen LogP contribution is -2.49. The zero-order chi connectivity index (χ0) is 19.7. The number of imide groups is 1. The number of carbonyl (C=O) groups is 3. The van der Waals surface area contributed by atoms with Crippen LogP contribution in [0.15, 0.2) is 53.4 Å². The van der Waals surface area contributed by atoms with Crippen LogP contribution in [-0.2, 0) is 4.79 Å². The van der Waals surface area contributed by atoms with Crippen LogP contribution in [0.1, 0.15) is 15.9 Å². The van der Waals surface area contributed by atoms with Crippen LogP contribution in [0.3, 0.4) is 0 Å². The predicted molar refractivity (Wildman–Crippen MR) is 107 cm³/mol. The lowest BCUT2D eigenvalue weighted by molar-refractivity contribution is -0.115. The summed E-state index contributed by atoms with van der Waals surface area (Å²) in [7, 11) is 1.74. The van der Waals surface area contributed by atoms with Crippen molar-refractivity contribution in [1.29, 1.82) is 0 Å². The summed E-state index contributed by atoms with van der Waals surface area (Å²) >= 11 is 0.881. The zero-order valence-corrected chi connectivity index (χ0v) is 15.8. The smallest absolute Gasteiger partial charge is 0.290 e. The van der Waals surface area contributed by atoms with Crippen LogP contribution >= 0.6 is 11.8 Å². The number of hydrogen-bond donors (Lipinski definition) is 2. The van der Waals surface area contributed by atoms with Crippen molar-refractivity contribution in [3.05, 3.63) is 64.6 Å². The average molecular weight is 395 g/mol. The van der Waals surface area contributed by atoms with Crippen LogP contribution in [0.25, 0.3) is 6.08 Å². The molecule has 0 spiro atoms. The number of para-hydroxylation sites is 1. The van der Waals surface area contributed by atoms with E-state index in [0.29, 0.717) is 16.2 Å². The second kappa shape index (κ2) is 7.40. The molecule has 0 bridgehead atoms. The summed E-state index contributed by atoms with van der Waals surface area (Å²) in [5.74, 6) is 0.210. The fraction of sp³-hybridized carbons (Fsp3) is 0.150. The van der Waals surface area contributed by atoms with E-state index in [9.17, 15) is 14.4 Å². The number of fused-ring (bicyclic) bond motifs is 1. The molecule has 28 heavy (non-hydrogen) atoms. The minimum atomic E-state index is -0.383. The first-order chi connectivity index (χ1) is 13.5. The summed E-state index contributed by atoms with van der Waals surface area (Å²) in [6, 6.07) is 14.6. The predicted octanol–water partition coefficient (Wildman–Crippen LogP) is 2.91. The zero-order valence-electron chi connectivity index (χ0n) is 15.0. The van der Waals surface area contributed by atoms with Gasteiger partial charge in [0.25, 0.3) is 17.1 Å². The highest BCUT2D eigenvalue weighted by molar-refractivity contribution is 8.18. The Bertz CT molecular complexity index is 987. The van der Waals surface area contributed by atoms with Crippen LogP contribution in [0.5, 0.6) is 5.75 Å². The van der Waals surface area contributed by atoms with E-state index in [1.54, 1.807) is 48.4 Å². The number of carbonyl (C=O) groups excluding carboxylic acids is 3. The van der Waals surface area contributed by atoms with Gasteiger partial charge in [-0.3, -0.25) is 19.7 Å². The number of rotatable bonds is 4. The highest BCUT2D eigenvalue weighted by Gasteiger charge is 2.29. The molecule has 2 N–H and O–H groups in total. The largest absolute Gasteiger partial charge is 0.489 e. The molecule has 2 aromatic carbocycles. The summed E-state index contributed by atoms with van der Waals surface area (Å²) in [6.45, 7) is 0.282. The van der Waals surface area contributed by atoms with Crippen LogP contribution < -0.4 is 15.4 Å². The molecule has 0 aromatic heterocycles. The monoisotopic (exact) mass is 395 g/mol. The first-order valence-electron chi connectivity index (χ1n) is 8.62. The van der Waals surface area contributed by atoms with Crippen molar-refractivity contribution in [2.45, 2.75) is 6.17 Å². The van der Waals surface area contributed by atoms with Crippen molar-refractivity contribution in [2.75, 3.05) is 19.0 Å². The number of thioether (sulfide) groups is 1. The third-order valence-corrected chi connectivity index (χ3v) is 5.31. The molecular weight excluding hydrogens is 378 g/mol. The van der Waals surface area contributed by atoms with Crippen molar-refractivity contribution in [3.63, 3.8) is 0 Å². The second-order valence-corrected chi connectivity index (χ2v) is 7.37. The molecule has 2 aliphatic rings. The first-order valence-corrected chi connectivity index (χ1v) is 9.43. The van der Waals surface area contributed by atoms with Crippen LogP contribution in [0.4, 0.5) is 10.5 Å². The lowest BCUT2D eigenvalue weighted by Gasteiger charge is -2.35. The maximum absolute atomic E-state index is 12.5. The minimum absolute atomic E-state index is 0.0492. The third kappa shape index (κ3) is 3.59. The van der Waals surface area contributed by atoms with Crippen LogP contribution in [0.2, 0.25) is 0 Å². The Kier molecular flexibility index (Phi) is 4.79. The molecule has 1 unspecified atom stereocenters. The van der Waals surface area contributed by atoms with Gasteiger partial charge in [-0.05, 0) is 47.7 Å². The summed E-state index contributed by atoms with van der Waals surface area (Å²) in [6.07, 6.45) is 1.37. The lowest BCUT2D eigenvalue weighted by atomic mass is 10.1. The minimum Gasteiger partial charge on any atom is -0.489 e. The fourth-order valence-electron chi connectivity index (χ4n) is 2.96. The van der Waals surface area contributed by atoms with Gasteiger partial charge in [0.15, 0.2) is 0 Å². The molecule has 1 saturated heterocycles. The average Bonchev–Trinajstić information content (AvgIpc) is 3.01. The van der Waals surface area contributed by atoms with Gasteiger partial charge in [-0.25, -0.2) is 0 Å². The topological polar surface area (TPSA) is 87.7 Å². The van der Waals surface area contributed by atoms with Crippen molar-refractivity contribution in [1.82, 2.24) is 10.2 Å². The number of nitrogens with one attached hydrogen (secondary N) is 2. The highest BCUT2D eigenvalue weighted by Crippen LogP contribution is 2.27. The summed E-state index contributed by atoms with van der Waals surface area (Å²) in [5, 5.41) is 5.17. The number of benzene rings is 2. The molecule has 3 amide bonds. The fourth-order valence-corrected chi connectivity index (χ4v) is 3.65. The van der Waals surface area contributed by atoms with E-state index in [1.807, 2.05) is 18.2 Å². The molecule has 2 aromatic rings. The van der Waals surface area contributed by atoms with Gasteiger partial charge in [-0.15, -0.1) is 0 Å². The van der Waals surface area contributed by atoms with E-state index in [0.717, 1.165) is 23.0 Å². The second-order valence-electron chi connectivity index (χ2n) is 6.35. The molecular formula is C20H17N3O4S. The maximum Gasteiger partial charge on any atom is 0.290 e. The van der Waals surface area contributed by atoms with Crippen LogP contribution in [-0.4, -0.2) is 41.8 Å². The summed E-state index contributed by atoms with van der Waals surface area (Å²) < 4.78 is 5.83. The normalized spacial score (nSPS) is 20.0. The molecule has 0 saturated carbocycles. The third-order valence-electron chi connectivity index (χ3n) is 4.50. The molecule has 0 radical (unpaired) electrons. The van der Waals surface area contributed by atoms with Gasteiger partial charge in [0, 0.05) is 12.7 Å². The van der Waals surface area contributed by atoms with Crippen molar-refractivity contribution >= 4 is 40.6 Å². The number of ether oxygens (including phenoxy) is 1. The molecule has 1 fully saturated rings. The van der Waals surface area contributed by atoms with Gasteiger partial charge in [-0.2, -0.15) is 0 Å². The van der Waals surface area contributed by atoms with Gasteiger partial charge in [0.1, 0.15) is 18.5 Å². The Morgan fingerprint density at radius 3 is 2.57 bits per heavy atom. The van der Waals surface area contributed by atoms with E-state index in [1.165, 1.54) is 0 Å². The maximum atomic E-state index is 12.5. The van der Waals surface area contributed by atoms with E-state index < -0.39 is 0 Å². The number of hydrogen-bond acceptors (Lipinski definition) is 6. The van der Waals surface area contributed by atoms with Crippen LogP contribution in [0, 0.1) is 0 Å². The molecule has 2 aliphatic heterocycles. The number of likely N-dealkylation sites (N-methyl/N-ethyl adjacent to an activating group) is 1.